The van der Waals surface area contributed by atoms with E-state index in [1.165, 1.54) is 0 Å². The standard InChI is InChI=1S/C9H16O5/c1-9(2)13-4-6(14-9)8-7(11)5(10)3-12-8/h5-8,10-11H,3-4H2,1-2H3/t5-,6+,7+,8-/m1/s1. The van der Waals surface area contributed by atoms with Crippen LogP contribution in [0.2, 0.25) is 0 Å². The van der Waals surface area contributed by atoms with Gasteiger partial charge in [0.25, 0.3) is 0 Å². The fourth-order valence-electron chi connectivity index (χ4n) is 1.83. The molecular weight excluding hydrogens is 188 g/mol. The highest BCUT2D eigenvalue weighted by molar-refractivity contribution is 4.91. The summed E-state index contributed by atoms with van der Waals surface area (Å²) in [5, 5.41) is 18.9. The minimum atomic E-state index is -0.877. The Labute approximate surface area is 82.6 Å². The Morgan fingerprint density at radius 1 is 1.21 bits per heavy atom. The number of rotatable bonds is 1. The average molecular weight is 204 g/mol. The second-order valence-corrected chi connectivity index (χ2v) is 4.22. The Balaban J connectivity index is 1.97. The molecule has 14 heavy (non-hydrogen) atoms. The van der Waals surface area contributed by atoms with Crippen LogP contribution in [0.3, 0.4) is 0 Å². The molecule has 5 nitrogen and oxygen atoms in total. The molecule has 5 heteroatoms. The zero-order valence-electron chi connectivity index (χ0n) is 8.34. The van der Waals surface area contributed by atoms with Gasteiger partial charge in [-0.1, -0.05) is 0 Å². The van der Waals surface area contributed by atoms with Crippen LogP contribution in [0.15, 0.2) is 0 Å². The summed E-state index contributed by atoms with van der Waals surface area (Å²) in [6, 6.07) is 0. The van der Waals surface area contributed by atoms with Crippen LogP contribution >= 0.6 is 0 Å². The first-order chi connectivity index (χ1) is 6.49. The van der Waals surface area contributed by atoms with E-state index in [-0.39, 0.29) is 12.7 Å². The summed E-state index contributed by atoms with van der Waals surface area (Å²) in [6.07, 6.45) is -2.46. The summed E-state index contributed by atoms with van der Waals surface area (Å²) in [6.45, 7) is 4.17. The van der Waals surface area contributed by atoms with Crippen molar-refractivity contribution in [2.24, 2.45) is 0 Å². The molecule has 0 unspecified atom stereocenters. The molecule has 2 fully saturated rings. The van der Waals surface area contributed by atoms with Crippen LogP contribution < -0.4 is 0 Å². The van der Waals surface area contributed by atoms with Gasteiger partial charge in [-0.15, -0.1) is 0 Å². The van der Waals surface area contributed by atoms with E-state index in [9.17, 15) is 10.2 Å². The fourth-order valence-corrected chi connectivity index (χ4v) is 1.83. The Hall–Kier alpha value is -0.200. The molecular formula is C9H16O5. The summed E-state index contributed by atoms with van der Waals surface area (Å²) < 4.78 is 16.1. The third-order valence-electron chi connectivity index (χ3n) is 2.59. The van der Waals surface area contributed by atoms with Gasteiger partial charge in [0.2, 0.25) is 0 Å². The van der Waals surface area contributed by atoms with E-state index < -0.39 is 24.1 Å². The van der Waals surface area contributed by atoms with E-state index >= 15 is 0 Å². The number of ether oxygens (including phenoxy) is 3. The van der Waals surface area contributed by atoms with Crippen LogP contribution in [-0.4, -0.2) is 53.6 Å². The van der Waals surface area contributed by atoms with Crippen LogP contribution in [0.5, 0.6) is 0 Å². The Bertz CT molecular complexity index is 217. The SMILES string of the molecule is CC1(C)OC[C@@H]([C@H]2OC[C@@H](O)[C@@H]2O)O1. The third kappa shape index (κ3) is 1.78. The van der Waals surface area contributed by atoms with E-state index in [1.807, 2.05) is 13.8 Å². The number of aliphatic hydroxyl groups is 2. The Morgan fingerprint density at radius 2 is 1.93 bits per heavy atom. The molecule has 2 heterocycles. The zero-order valence-corrected chi connectivity index (χ0v) is 8.34. The van der Waals surface area contributed by atoms with Crippen molar-refractivity contribution in [2.45, 2.75) is 44.1 Å². The van der Waals surface area contributed by atoms with Gasteiger partial charge in [-0.05, 0) is 13.8 Å². The molecule has 2 rings (SSSR count). The van der Waals surface area contributed by atoms with E-state index in [4.69, 9.17) is 14.2 Å². The average Bonchev–Trinajstić information content (AvgIpc) is 2.59. The monoisotopic (exact) mass is 204 g/mol. The van der Waals surface area contributed by atoms with Gasteiger partial charge in [0.05, 0.1) is 13.2 Å². The van der Waals surface area contributed by atoms with Crippen LogP contribution in [0.4, 0.5) is 0 Å². The molecule has 0 aromatic carbocycles. The van der Waals surface area contributed by atoms with Crippen LogP contribution in [-0.2, 0) is 14.2 Å². The van der Waals surface area contributed by atoms with Crippen molar-refractivity contribution in [3.63, 3.8) is 0 Å². The molecule has 82 valence electrons. The van der Waals surface area contributed by atoms with Crippen molar-refractivity contribution in [1.29, 1.82) is 0 Å². The van der Waals surface area contributed by atoms with E-state index in [1.54, 1.807) is 0 Å². The van der Waals surface area contributed by atoms with Crippen molar-refractivity contribution in [1.82, 2.24) is 0 Å². The molecule has 0 bridgehead atoms. The van der Waals surface area contributed by atoms with Crippen LogP contribution in [0.25, 0.3) is 0 Å². The highest BCUT2D eigenvalue weighted by Gasteiger charge is 2.46. The van der Waals surface area contributed by atoms with Gasteiger partial charge in [-0.3, -0.25) is 0 Å². The highest BCUT2D eigenvalue weighted by Crippen LogP contribution is 2.29. The minimum absolute atomic E-state index is 0.159. The van der Waals surface area contributed by atoms with Gasteiger partial charge < -0.3 is 24.4 Å². The zero-order chi connectivity index (χ0) is 10.3. The minimum Gasteiger partial charge on any atom is -0.388 e. The maximum absolute atomic E-state index is 9.58. The smallest absolute Gasteiger partial charge is 0.163 e. The van der Waals surface area contributed by atoms with Crippen molar-refractivity contribution in [3.8, 4) is 0 Å². The van der Waals surface area contributed by atoms with Crippen LogP contribution in [0, 0.1) is 0 Å². The molecule has 0 amide bonds. The van der Waals surface area contributed by atoms with Gasteiger partial charge in [0, 0.05) is 0 Å². The number of aliphatic hydroxyl groups excluding tert-OH is 2. The van der Waals surface area contributed by atoms with E-state index in [2.05, 4.69) is 0 Å². The lowest BCUT2D eigenvalue weighted by molar-refractivity contribution is -0.158. The lowest BCUT2D eigenvalue weighted by Gasteiger charge is -2.22. The lowest BCUT2D eigenvalue weighted by Crippen LogP contribution is -2.40. The van der Waals surface area contributed by atoms with Crippen molar-refractivity contribution in [2.75, 3.05) is 13.2 Å². The van der Waals surface area contributed by atoms with Gasteiger partial charge in [-0.2, -0.15) is 0 Å². The molecule has 0 saturated carbocycles. The molecule has 2 aliphatic heterocycles. The highest BCUT2D eigenvalue weighted by atomic mass is 16.8. The van der Waals surface area contributed by atoms with Crippen molar-refractivity contribution >= 4 is 0 Å². The topological polar surface area (TPSA) is 68.2 Å². The number of hydrogen-bond acceptors (Lipinski definition) is 5. The fraction of sp³-hybridized carbons (Fsp3) is 1.00. The summed E-state index contributed by atoms with van der Waals surface area (Å²) >= 11 is 0. The van der Waals surface area contributed by atoms with Crippen molar-refractivity contribution < 1.29 is 24.4 Å². The summed E-state index contributed by atoms with van der Waals surface area (Å²) in [5.74, 6) is -0.624. The first-order valence-electron chi connectivity index (χ1n) is 4.79. The largest absolute Gasteiger partial charge is 0.388 e. The van der Waals surface area contributed by atoms with Gasteiger partial charge in [-0.25, -0.2) is 0 Å². The molecule has 0 aliphatic carbocycles. The quantitative estimate of drug-likeness (QED) is 0.588. The maximum atomic E-state index is 9.58. The summed E-state index contributed by atoms with van der Waals surface area (Å²) in [4.78, 5) is 0. The normalized spacial score (nSPS) is 47.1. The van der Waals surface area contributed by atoms with Crippen LogP contribution in [0.1, 0.15) is 13.8 Å². The Kier molecular flexibility index (Phi) is 2.53. The molecule has 2 N–H and O–H groups in total. The lowest BCUT2D eigenvalue weighted by atomic mass is 10.1. The first-order valence-corrected chi connectivity index (χ1v) is 4.79. The third-order valence-corrected chi connectivity index (χ3v) is 2.59. The molecule has 0 aromatic rings. The molecule has 2 saturated heterocycles. The van der Waals surface area contributed by atoms with E-state index in [0.717, 1.165) is 0 Å². The Morgan fingerprint density at radius 3 is 2.36 bits per heavy atom. The second-order valence-electron chi connectivity index (χ2n) is 4.22. The molecule has 2 aliphatic rings. The predicted molar refractivity (Wildman–Crippen MR) is 46.7 cm³/mol. The van der Waals surface area contributed by atoms with Gasteiger partial charge in [0.15, 0.2) is 5.79 Å². The van der Waals surface area contributed by atoms with Gasteiger partial charge >= 0.3 is 0 Å². The molecule has 0 spiro atoms. The summed E-state index contributed by atoms with van der Waals surface area (Å²) in [7, 11) is 0. The summed E-state index contributed by atoms with van der Waals surface area (Å²) in [5.41, 5.74) is 0. The predicted octanol–water partition coefficient (Wildman–Crippen LogP) is -0.742. The molecule has 0 radical (unpaired) electrons. The van der Waals surface area contributed by atoms with Gasteiger partial charge in [0.1, 0.15) is 24.4 Å². The number of hydrogen-bond donors (Lipinski definition) is 2. The maximum Gasteiger partial charge on any atom is 0.163 e. The molecule has 0 aromatic heterocycles. The molecule has 4 atom stereocenters. The second kappa shape index (κ2) is 3.43. The first kappa shape index (κ1) is 10.3. The van der Waals surface area contributed by atoms with E-state index in [0.29, 0.717) is 6.61 Å². The van der Waals surface area contributed by atoms with Crippen molar-refractivity contribution in [3.05, 3.63) is 0 Å².